The summed E-state index contributed by atoms with van der Waals surface area (Å²) < 4.78 is 5.45. The van der Waals surface area contributed by atoms with E-state index in [-0.39, 0.29) is 0 Å². The number of amides is 2. The van der Waals surface area contributed by atoms with E-state index in [1.165, 1.54) is 0 Å². The van der Waals surface area contributed by atoms with E-state index in [0.29, 0.717) is 12.2 Å². The van der Waals surface area contributed by atoms with Crippen LogP contribution in [0.15, 0.2) is 40.8 Å². The van der Waals surface area contributed by atoms with Gasteiger partial charge in [0.2, 0.25) is 0 Å². The molecule has 0 bridgehead atoms. The first-order valence-electron chi connectivity index (χ1n) is 5.59. The van der Waals surface area contributed by atoms with Gasteiger partial charge in [-0.2, -0.15) is 0 Å². The van der Waals surface area contributed by atoms with Crippen molar-refractivity contribution in [2.75, 3.05) is 10.6 Å². The predicted octanol–water partition coefficient (Wildman–Crippen LogP) is 2.69. The molecular formula is C13H15N3O2. The van der Waals surface area contributed by atoms with Gasteiger partial charge in [0.1, 0.15) is 11.5 Å². The van der Waals surface area contributed by atoms with Crippen LogP contribution in [0.2, 0.25) is 0 Å². The van der Waals surface area contributed by atoms with Crippen LogP contribution in [-0.4, -0.2) is 6.03 Å². The number of rotatable bonds is 4. The quantitative estimate of drug-likeness (QED) is 0.774. The van der Waals surface area contributed by atoms with E-state index >= 15 is 0 Å². The minimum absolute atomic E-state index is 0.575. The Morgan fingerprint density at radius 1 is 1.28 bits per heavy atom. The normalized spacial score (nSPS) is 10.1. The van der Waals surface area contributed by atoms with Gasteiger partial charge in [-0.25, -0.2) is 4.79 Å². The monoisotopic (exact) mass is 245 g/mol. The molecule has 1 aromatic heterocycles. The Balaban J connectivity index is 1.98. The molecule has 0 saturated carbocycles. The maximum absolute atomic E-state index is 10.7. The smallest absolute Gasteiger partial charge is 0.316 e. The summed E-state index contributed by atoms with van der Waals surface area (Å²) in [5.74, 6) is 1.75. The molecule has 1 aromatic carbocycles. The molecular weight excluding hydrogens is 230 g/mol. The van der Waals surface area contributed by atoms with Crippen LogP contribution in [-0.2, 0) is 6.54 Å². The number of primary amides is 1. The van der Waals surface area contributed by atoms with Crippen LogP contribution in [0.1, 0.15) is 11.5 Å². The summed E-state index contributed by atoms with van der Waals surface area (Å²) in [7, 11) is 0. The van der Waals surface area contributed by atoms with Gasteiger partial charge < -0.3 is 20.8 Å². The first-order valence-corrected chi connectivity index (χ1v) is 5.59. The number of nitrogens with one attached hydrogen (secondary N) is 2. The molecule has 94 valence electrons. The van der Waals surface area contributed by atoms with Gasteiger partial charge in [0.25, 0.3) is 0 Å². The number of carbonyl (C=O) groups is 1. The van der Waals surface area contributed by atoms with E-state index in [4.69, 9.17) is 10.2 Å². The van der Waals surface area contributed by atoms with E-state index in [9.17, 15) is 4.79 Å². The van der Waals surface area contributed by atoms with Crippen LogP contribution in [0.25, 0.3) is 0 Å². The molecule has 2 amide bonds. The van der Waals surface area contributed by atoms with E-state index in [1.807, 2.05) is 31.2 Å². The first-order chi connectivity index (χ1) is 8.63. The highest BCUT2D eigenvalue weighted by molar-refractivity contribution is 5.88. The van der Waals surface area contributed by atoms with E-state index in [0.717, 1.165) is 17.2 Å². The molecule has 0 aliphatic rings. The average Bonchev–Trinajstić information content (AvgIpc) is 2.72. The molecule has 0 atom stereocenters. The van der Waals surface area contributed by atoms with Gasteiger partial charge in [-0.05, 0) is 37.3 Å². The molecule has 1 heterocycles. The average molecular weight is 245 g/mol. The fraction of sp³-hybridized carbons (Fsp3) is 0.154. The van der Waals surface area contributed by atoms with Crippen molar-refractivity contribution in [2.45, 2.75) is 13.5 Å². The number of benzene rings is 1. The number of aryl methyl sites for hydroxylation is 1. The molecule has 0 spiro atoms. The lowest BCUT2D eigenvalue weighted by Crippen LogP contribution is -2.19. The minimum Gasteiger partial charge on any atom is -0.465 e. The molecule has 0 unspecified atom stereocenters. The minimum atomic E-state index is -0.575. The number of carbonyl (C=O) groups excluding carboxylic acids is 1. The number of hydrogen-bond donors (Lipinski definition) is 3. The van der Waals surface area contributed by atoms with Gasteiger partial charge in [0.05, 0.1) is 6.54 Å². The van der Waals surface area contributed by atoms with Crippen LogP contribution >= 0.6 is 0 Å². The summed E-state index contributed by atoms with van der Waals surface area (Å²) in [5, 5.41) is 5.72. The van der Waals surface area contributed by atoms with Gasteiger partial charge in [-0.15, -0.1) is 0 Å². The second-order valence-corrected chi connectivity index (χ2v) is 3.94. The lowest BCUT2D eigenvalue weighted by Gasteiger charge is -2.07. The molecule has 0 saturated heterocycles. The number of hydrogen-bond acceptors (Lipinski definition) is 3. The molecule has 5 nitrogen and oxygen atoms in total. The van der Waals surface area contributed by atoms with Gasteiger partial charge in [0.15, 0.2) is 0 Å². The zero-order valence-electron chi connectivity index (χ0n) is 10.1. The SMILES string of the molecule is Cc1ccc(CNc2cccc(NC(N)=O)c2)o1. The summed E-state index contributed by atoms with van der Waals surface area (Å²) in [6.07, 6.45) is 0. The summed E-state index contributed by atoms with van der Waals surface area (Å²) in [5.41, 5.74) is 6.60. The lowest BCUT2D eigenvalue weighted by molar-refractivity contribution is 0.259. The zero-order valence-corrected chi connectivity index (χ0v) is 10.1. The molecule has 4 N–H and O–H groups in total. The highest BCUT2D eigenvalue weighted by Gasteiger charge is 2.00. The Bertz CT molecular complexity index is 549. The van der Waals surface area contributed by atoms with Crippen molar-refractivity contribution in [2.24, 2.45) is 5.73 Å². The maximum Gasteiger partial charge on any atom is 0.316 e. The van der Waals surface area contributed by atoms with Gasteiger partial charge in [-0.3, -0.25) is 0 Å². The molecule has 2 rings (SSSR count). The summed E-state index contributed by atoms with van der Waals surface area (Å²) in [6.45, 7) is 2.49. The molecule has 5 heteroatoms. The maximum atomic E-state index is 10.7. The van der Waals surface area contributed by atoms with Gasteiger partial charge in [-0.1, -0.05) is 6.07 Å². The van der Waals surface area contributed by atoms with Crippen molar-refractivity contribution in [3.63, 3.8) is 0 Å². The second-order valence-electron chi connectivity index (χ2n) is 3.94. The highest BCUT2D eigenvalue weighted by Crippen LogP contribution is 2.16. The third kappa shape index (κ3) is 3.28. The van der Waals surface area contributed by atoms with E-state index < -0.39 is 6.03 Å². The molecule has 18 heavy (non-hydrogen) atoms. The predicted molar refractivity (Wildman–Crippen MR) is 70.4 cm³/mol. The highest BCUT2D eigenvalue weighted by atomic mass is 16.3. The zero-order chi connectivity index (χ0) is 13.0. The molecule has 0 fully saturated rings. The standard InChI is InChI=1S/C13H15N3O2/c1-9-5-6-12(18-9)8-15-10-3-2-4-11(7-10)16-13(14)17/h2-7,15H,8H2,1H3,(H3,14,16,17). The number of nitrogens with two attached hydrogens (primary N) is 1. The third-order valence-electron chi connectivity index (χ3n) is 2.39. The lowest BCUT2D eigenvalue weighted by atomic mass is 10.2. The Kier molecular flexibility index (Phi) is 3.52. The van der Waals surface area contributed by atoms with Crippen molar-refractivity contribution in [1.82, 2.24) is 0 Å². The van der Waals surface area contributed by atoms with Crippen LogP contribution in [0.5, 0.6) is 0 Å². The molecule has 0 aliphatic heterocycles. The largest absolute Gasteiger partial charge is 0.465 e. The Morgan fingerprint density at radius 2 is 2.06 bits per heavy atom. The van der Waals surface area contributed by atoms with Gasteiger partial charge >= 0.3 is 6.03 Å². The Hall–Kier alpha value is -2.43. The van der Waals surface area contributed by atoms with Crippen LogP contribution in [0, 0.1) is 6.92 Å². The third-order valence-corrected chi connectivity index (χ3v) is 2.39. The van der Waals surface area contributed by atoms with Crippen LogP contribution in [0.3, 0.4) is 0 Å². The van der Waals surface area contributed by atoms with E-state index in [1.54, 1.807) is 12.1 Å². The first kappa shape index (κ1) is 12.0. The number of furan rings is 1. The van der Waals surface area contributed by atoms with E-state index in [2.05, 4.69) is 10.6 Å². The number of anilines is 2. The Labute approximate surface area is 105 Å². The van der Waals surface area contributed by atoms with Crippen LogP contribution < -0.4 is 16.4 Å². The fourth-order valence-electron chi connectivity index (χ4n) is 1.62. The van der Waals surface area contributed by atoms with Crippen molar-refractivity contribution in [3.8, 4) is 0 Å². The fourth-order valence-corrected chi connectivity index (χ4v) is 1.62. The molecule has 2 aromatic rings. The number of urea groups is 1. The summed E-state index contributed by atoms with van der Waals surface area (Å²) in [4.78, 5) is 10.7. The topological polar surface area (TPSA) is 80.3 Å². The van der Waals surface area contributed by atoms with Crippen molar-refractivity contribution in [1.29, 1.82) is 0 Å². The summed E-state index contributed by atoms with van der Waals surface area (Å²) in [6, 6.07) is 10.6. The van der Waals surface area contributed by atoms with Gasteiger partial charge in [0, 0.05) is 11.4 Å². The van der Waals surface area contributed by atoms with Crippen LogP contribution in [0.4, 0.5) is 16.2 Å². The van der Waals surface area contributed by atoms with Crippen molar-refractivity contribution >= 4 is 17.4 Å². The summed E-state index contributed by atoms with van der Waals surface area (Å²) >= 11 is 0. The molecule has 0 radical (unpaired) electrons. The Morgan fingerprint density at radius 3 is 2.72 bits per heavy atom. The second kappa shape index (κ2) is 5.27. The van der Waals surface area contributed by atoms with Crippen molar-refractivity contribution in [3.05, 3.63) is 47.9 Å². The van der Waals surface area contributed by atoms with Crippen molar-refractivity contribution < 1.29 is 9.21 Å². The molecule has 0 aliphatic carbocycles.